The van der Waals surface area contributed by atoms with E-state index in [1.807, 2.05) is 61.5 Å². The Kier molecular flexibility index (Phi) is 7.15. The minimum absolute atomic E-state index is 0.273. The molecule has 0 aliphatic carbocycles. The van der Waals surface area contributed by atoms with Crippen LogP contribution in [0, 0.1) is 11.8 Å². The predicted octanol–water partition coefficient (Wildman–Crippen LogP) is 2.72. The lowest BCUT2D eigenvalue weighted by atomic mass is 9.66. The summed E-state index contributed by atoms with van der Waals surface area (Å²) >= 11 is 0. The van der Waals surface area contributed by atoms with E-state index in [9.17, 15) is 19.5 Å². The van der Waals surface area contributed by atoms with Crippen molar-refractivity contribution in [3.8, 4) is 0 Å². The molecule has 3 fully saturated rings. The van der Waals surface area contributed by atoms with Gasteiger partial charge in [-0.25, -0.2) is 0 Å². The van der Waals surface area contributed by atoms with Gasteiger partial charge in [0.05, 0.1) is 30.1 Å². The number of benzene rings is 2. The first-order valence-electron chi connectivity index (χ1n) is 13.8. The van der Waals surface area contributed by atoms with Crippen molar-refractivity contribution in [3.63, 3.8) is 0 Å². The molecule has 0 aromatic heterocycles. The number of rotatable bonds is 9. The summed E-state index contributed by atoms with van der Waals surface area (Å²) in [5, 5.41) is 16.2. The number of ether oxygens (including phenoxy) is 1. The Morgan fingerprint density at radius 2 is 1.74 bits per heavy atom. The minimum Gasteiger partial charge on any atom is -0.394 e. The number of nitrogens with one attached hydrogen (secondary N) is 2. The van der Waals surface area contributed by atoms with Crippen LogP contribution in [0.3, 0.4) is 0 Å². The van der Waals surface area contributed by atoms with Gasteiger partial charge in [0.15, 0.2) is 0 Å². The van der Waals surface area contributed by atoms with E-state index in [0.717, 1.165) is 18.8 Å². The number of anilines is 2. The minimum atomic E-state index is -1.17. The highest BCUT2D eigenvalue weighted by Crippen LogP contribution is 2.64. The van der Waals surface area contributed by atoms with Gasteiger partial charge in [0.25, 0.3) is 0 Å². The van der Waals surface area contributed by atoms with Crippen molar-refractivity contribution in [2.24, 2.45) is 11.8 Å². The summed E-state index contributed by atoms with van der Waals surface area (Å²) in [5.74, 6) is -2.56. The van der Waals surface area contributed by atoms with Crippen molar-refractivity contribution in [3.05, 3.63) is 60.2 Å². The van der Waals surface area contributed by atoms with Crippen LogP contribution in [0.5, 0.6) is 0 Å². The Balaban J connectivity index is 1.55. The van der Waals surface area contributed by atoms with Crippen molar-refractivity contribution in [2.45, 2.75) is 56.9 Å². The SMILES string of the molecule is CCN(CC)c1ccc(NC(=O)C2N([C@H](CO)c3ccccc3)C(=O)[C@@H]3[C@H](C(=O)NC)[C@]4(C)CCC23O4)cc1. The molecule has 1 spiro atoms. The lowest BCUT2D eigenvalue weighted by Crippen LogP contribution is -2.54. The fourth-order valence-electron chi connectivity index (χ4n) is 7.14. The molecular formula is C30H38N4O5. The molecule has 2 aromatic rings. The summed E-state index contributed by atoms with van der Waals surface area (Å²) in [6.45, 7) is 7.41. The van der Waals surface area contributed by atoms with Crippen LogP contribution in [0.2, 0.25) is 0 Å². The molecule has 9 heteroatoms. The van der Waals surface area contributed by atoms with E-state index in [0.29, 0.717) is 24.1 Å². The Morgan fingerprint density at radius 1 is 1.08 bits per heavy atom. The molecular weight excluding hydrogens is 496 g/mol. The number of hydrogen-bond donors (Lipinski definition) is 3. The molecule has 2 bridgehead atoms. The Hall–Kier alpha value is -3.43. The summed E-state index contributed by atoms with van der Waals surface area (Å²) in [6.07, 6.45) is 1.02. The average molecular weight is 535 g/mol. The van der Waals surface area contributed by atoms with E-state index in [4.69, 9.17) is 4.74 Å². The standard InChI is InChI=1S/C30H38N4O5/c1-5-33(6-2)21-14-12-20(13-15-21)32-27(37)25-30-17-16-29(3,39-30)23(26(36)31-4)24(30)28(38)34(25)22(18-35)19-10-8-7-9-11-19/h7-15,22-25,35H,5-6,16-18H2,1-4H3,(H,31,36)(H,32,37)/t22-,23-,24+,25?,29+,30?/m1/s1. The van der Waals surface area contributed by atoms with Gasteiger partial charge in [-0.3, -0.25) is 14.4 Å². The van der Waals surface area contributed by atoms with E-state index in [2.05, 4.69) is 29.4 Å². The van der Waals surface area contributed by atoms with Crippen LogP contribution in [0.4, 0.5) is 11.4 Å². The maximum absolute atomic E-state index is 14.2. The second-order valence-corrected chi connectivity index (χ2v) is 10.9. The zero-order chi connectivity index (χ0) is 27.9. The molecule has 3 N–H and O–H groups in total. The number of fused-ring (bicyclic) bond motifs is 1. The number of likely N-dealkylation sites (tertiary alicyclic amines) is 1. The van der Waals surface area contributed by atoms with Gasteiger partial charge < -0.3 is 30.3 Å². The van der Waals surface area contributed by atoms with Gasteiger partial charge in [-0.15, -0.1) is 0 Å². The van der Waals surface area contributed by atoms with E-state index < -0.39 is 41.0 Å². The van der Waals surface area contributed by atoms with Crippen molar-refractivity contribution in [2.75, 3.05) is 37.0 Å². The summed E-state index contributed by atoms with van der Waals surface area (Å²) in [4.78, 5) is 45.2. The molecule has 2 unspecified atom stereocenters. The van der Waals surface area contributed by atoms with Gasteiger partial charge in [0.2, 0.25) is 17.7 Å². The zero-order valence-corrected chi connectivity index (χ0v) is 23.0. The molecule has 0 radical (unpaired) electrons. The van der Waals surface area contributed by atoms with Crippen LogP contribution in [0.15, 0.2) is 54.6 Å². The highest BCUT2D eigenvalue weighted by Gasteiger charge is 2.78. The predicted molar refractivity (Wildman–Crippen MR) is 148 cm³/mol. The maximum Gasteiger partial charge on any atom is 0.250 e. The molecule has 3 amide bonds. The van der Waals surface area contributed by atoms with Crippen LogP contribution in [0.25, 0.3) is 0 Å². The highest BCUT2D eigenvalue weighted by atomic mass is 16.5. The van der Waals surface area contributed by atoms with E-state index in [-0.39, 0.29) is 18.4 Å². The number of carbonyl (C=O) groups excluding carboxylic acids is 3. The second-order valence-electron chi connectivity index (χ2n) is 10.9. The first kappa shape index (κ1) is 27.1. The number of amides is 3. The molecule has 0 saturated carbocycles. The largest absolute Gasteiger partial charge is 0.394 e. The van der Waals surface area contributed by atoms with Gasteiger partial charge in [0, 0.05) is 31.5 Å². The number of aliphatic hydroxyl groups is 1. The van der Waals surface area contributed by atoms with Crippen molar-refractivity contribution in [1.29, 1.82) is 0 Å². The molecule has 2 aromatic carbocycles. The molecule has 208 valence electrons. The molecule has 39 heavy (non-hydrogen) atoms. The number of hydrogen-bond acceptors (Lipinski definition) is 6. The van der Waals surface area contributed by atoms with Crippen LogP contribution in [-0.2, 0) is 19.1 Å². The molecule has 9 nitrogen and oxygen atoms in total. The lowest BCUT2D eigenvalue weighted by molar-refractivity contribution is -0.148. The Bertz CT molecular complexity index is 1230. The van der Waals surface area contributed by atoms with Gasteiger partial charge in [-0.1, -0.05) is 30.3 Å². The monoisotopic (exact) mass is 534 g/mol. The summed E-state index contributed by atoms with van der Waals surface area (Å²) < 4.78 is 6.62. The van der Waals surface area contributed by atoms with Crippen molar-refractivity contribution in [1.82, 2.24) is 10.2 Å². The topological polar surface area (TPSA) is 111 Å². The first-order valence-corrected chi connectivity index (χ1v) is 13.8. The Labute approximate surface area is 229 Å². The van der Waals surface area contributed by atoms with Crippen LogP contribution in [0.1, 0.15) is 45.2 Å². The van der Waals surface area contributed by atoms with E-state index in [1.165, 1.54) is 4.90 Å². The normalized spacial score (nSPS) is 29.7. The molecule has 6 atom stereocenters. The maximum atomic E-state index is 14.2. The highest BCUT2D eigenvalue weighted by molar-refractivity contribution is 6.04. The van der Waals surface area contributed by atoms with Crippen LogP contribution >= 0.6 is 0 Å². The van der Waals surface area contributed by atoms with Gasteiger partial charge in [-0.2, -0.15) is 0 Å². The number of carbonyl (C=O) groups is 3. The molecule has 3 heterocycles. The molecule has 3 aliphatic rings. The molecule has 3 saturated heterocycles. The molecule has 5 rings (SSSR count). The van der Waals surface area contributed by atoms with Crippen LogP contribution < -0.4 is 15.5 Å². The zero-order valence-electron chi connectivity index (χ0n) is 23.0. The fraction of sp³-hybridized carbons (Fsp3) is 0.500. The Morgan fingerprint density at radius 3 is 2.33 bits per heavy atom. The van der Waals surface area contributed by atoms with Crippen molar-refractivity contribution < 1.29 is 24.2 Å². The smallest absolute Gasteiger partial charge is 0.250 e. The van der Waals surface area contributed by atoms with Crippen molar-refractivity contribution >= 4 is 29.1 Å². The number of aliphatic hydroxyl groups excluding tert-OH is 1. The molecule has 3 aliphatic heterocycles. The average Bonchev–Trinajstić information content (AvgIpc) is 3.52. The second kappa shape index (κ2) is 10.3. The summed E-state index contributed by atoms with van der Waals surface area (Å²) in [5.41, 5.74) is 0.347. The fourth-order valence-corrected chi connectivity index (χ4v) is 7.14. The van der Waals surface area contributed by atoms with Gasteiger partial charge >= 0.3 is 0 Å². The first-order chi connectivity index (χ1) is 18.7. The third-order valence-electron chi connectivity index (χ3n) is 8.95. The van der Waals surface area contributed by atoms with Crippen LogP contribution in [-0.4, -0.2) is 71.7 Å². The van der Waals surface area contributed by atoms with E-state index >= 15 is 0 Å². The lowest BCUT2D eigenvalue weighted by Gasteiger charge is -2.37. The summed E-state index contributed by atoms with van der Waals surface area (Å²) in [6, 6.07) is 15.0. The summed E-state index contributed by atoms with van der Waals surface area (Å²) in [7, 11) is 1.55. The number of nitrogens with zero attached hydrogens (tertiary/aromatic N) is 2. The van der Waals surface area contributed by atoms with E-state index in [1.54, 1.807) is 7.05 Å². The van der Waals surface area contributed by atoms with Gasteiger partial charge in [-0.05, 0) is 63.4 Å². The third kappa shape index (κ3) is 4.19. The third-order valence-corrected chi connectivity index (χ3v) is 8.95. The van der Waals surface area contributed by atoms with Gasteiger partial charge in [0.1, 0.15) is 11.6 Å². The quantitative estimate of drug-likeness (QED) is 0.456.